The summed E-state index contributed by atoms with van der Waals surface area (Å²) in [6.07, 6.45) is 2.17. The maximum Gasteiger partial charge on any atom is 0.167 e. The van der Waals surface area contributed by atoms with Gasteiger partial charge in [-0.2, -0.15) is 0 Å². The van der Waals surface area contributed by atoms with Gasteiger partial charge in [0.1, 0.15) is 7.14 Å². The Morgan fingerprint density at radius 3 is 1.17 bits per heavy atom. The highest BCUT2D eigenvalue weighted by molar-refractivity contribution is 7.85. The molecule has 0 radical (unpaired) electrons. The molecular formula is C32H34O2P2. The van der Waals surface area contributed by atoms with Gasteiger partial charge in [0.05, 0.1) is 0 Å². The average Bonchev–Trinajstić information content (AvgIpc) is 2.88. The lowest BCUT2D eigenvalue weighted by atomic mass is 10.2. The highest BCUT2D eigenvalue weighted by Crippen LogP contribution is 2.59. The smallest absolute Gasteiger partial charge is 0.167 e. The summed E-state index contributed by atoms with van der Waals surface area (Å²) in [6, 6.07) is 31.6. The molecule has 4 rings (SSSR count). The topological polar surface area (TPSA) is 34.1 Å². The summed E-state index contributed by atoms with van der Waals surface area (Å²) in [6.45, 7) is 9.97. The van der Waals surface area contributed by atoms with E-state index in [9.17, 15) is 0 Å². The zero-order valence-electron chi connectivity index (χ0n) is 21.7. The van der Waals surface area contributed by atoms with E-state index < -0.39 is 14.3 Å². The van der Waals surface area contributed by atoms with E-state index in [-0.39, 0.29) is 6.16 Å². The molecule has 0 spiro atoms. The molecule has 0 fully saturated rings. The van der Waals surface area contributed by atoms with Crippen molar-refractivity contribution in [3.63, 3.8) is 0 Å². The van der Waals surface area contributed by atoms with Gasteiger partial charge in [-0.3, -0.25) is 0 Å². The predicted octanol–water partition coefficient (Wildman–Crippen LogP) is 7.15. The molecule has 4 aromatic rings. The molecule has 0 unspecified atom stereocenters. The summed E-state index contributed by atoms with van der Waals surface area (Å²) in [5.74, 6) is 0. The van der Waals surface area contributed by atoms with Gasteiger partial charge in [0.2, 0.25) is 0 Å². The fourth-order valence-corrected chi connectivity index (χ4v) is 12.7. The molecule has 4 aromatic carbocycles. The number of allylic oxidation sites excluding steroid dienone is 2. The van der Waals surface area contributed by atoms with Crippen LogP contribution in [0.1, 0.15) is 29.2 Å². The molecule has 0 amide bonds. The second kappa shape index (κ2) is 10.6. The van der Waals surface area contributed by atoms with Crippen LogP contribution in [0.3, 0.4) is 0 Å². The second-order valence-corrected chi connectivity index (χ2v) is 14.9. The SMILES string of the molecule is C/C=C(/CP(=O)(c1ccccc1C)c1ccccc1C)P(=O)(c1ccccc1C)c1ccccc1C. The van der Waals surface area contributed by atoms with E-state index in [1.165, 1.54) is 0 Å². The molecular weight excluding hydrogens is 478 g/mol. The Bertz CT molecular complexity index is 1430. The summed E-state index contributed by atoms with van der Waals surface area (Å²) >= 11 is 0. The maximum atomic E-state index is 15.5. The zero-order chi connectivity index (χ0) is 25.9. The van der Waals surface area contributed by atoms with E-state index in [1.54, 1.807) is 0 Å². The molecule has 0 N–H and O–H groups in total. The lowest BCUT2D eigenvalue weighted by molar-refractivity contribution is 0.584. The summed E-state index contributed by atoms with van der Waals surface area (Å²) in [5.41, 5.74) is 3.93. The van der Waals surface area contributed by atoms with Crippen LogP contribution in [0.2, 0.25) is 0 Å². The summed E-state index contributed by atoms with van der Waals surface area (Å²) in [4.78, 5) is 0. The Morgan fingerprint density at radius 2 is 0.861 bits per heavy atom. The number of aryl methyl sites for hydroxylation is 4. The minimum atomic E-state index is -3.29. The van der Waals surface area contributed by atoms with Gasteiger partial charge < -0.3 is 9.13 Å². The molecule has 0 aromatic heterocycles. The monoisotopic (exact) mass is 512 g/mol. The summed E-state index contributed by atoms with van der Waals surface area (Å²) in [7, 11) is -6.47. The molecule has 0 aliphatic rings. The van der Waals surface area contributed by atoms with E-state index in [0.29, 0.717) is 0 Å². The van der Waals surface area contributed by atoms with E-state index in [2.05, 4.69) is 0 Å². The fourth-order valence-electron chi connectivity index (χ4n) is 5.11. The van der Waals surface area contributed by atoms with Gasteiger partial charge in [-0.05, 0) is 56.9 Å². The van der Waals surface area contributed by atoms with Gasteiger partial charge in [0, 0.05) is 32.7 Å². The first-order valence-electron chi connectivity index (χ1n) is 12.3. The van der Waals surface area contributed by atoms with Gasteiger partial charge in [-0.15, -0.1) is 0 Å². The van der Waals surface area contributed by atoms with Gasteiger partial charge in [0.25, 0.3) is 0 Å². The summed E-state index contributed by atoms with van der Waals surface area (Å²) in [5, 5.41) is 4.03. The van der Waals surface area contributed by atoms with Crippen LogP contribution in [0, 0.1) is 27.7 Å². The predicted molar refractivity (Wildman–Crippen MR) is 157 cm³/mol. The molecule has 0 aliphatic carbocycles. The van der Waals surface area contributed by atoms with Gasteiger partial charge in [0.15, 0.2) is 7.14 Å². The second-order valence-electron chi connectivity index (χ2n) is 9.43. The highest BCUT2D eigenvalue weighted by atomic mass is 31.2. The van der Waals surface area contributed by atoms with Crippen molar-refractivity contribution >= 4 is 35.5 Å². The number of rotatable bonds is 7. The van der Waals surface area contributed by atoms with Crippen LogP contribution in [0.15, 0.2) is 108 Å². The maximum absolute atomic E-state index is 15.5. The number of benzene rings is 4. The van der Waals surface area contributed by atoms with Gasteiger partial charge in [-0.1, -0.05) is 103 Å². The number of hydrogen-bond acceptors (Lipinski definition) is 2. The van der Waals surface area contributed by atoms with Crippen LogP contribution in [0.5, 0.6) is 0 Å². The standard InChI is InChI=1S/C32H34O2P2/c1-6-28(36(34,31-21-13-9-17-26(31)4)32-22-14-10-18-27(32)5)23-35(33,29-19-11-7-15-24(29)2)30-20-12-8-16-25(30)3/h6-22H,23H2,1-5H3/b28-6-. The van der Waals surface area contributed by atoms with E-state index in [1.807, 2.05) is 138 Å². The minimum Gasteiger partial charge on any atom is -0.313 e. The van der Waals surface area contributed by atoms with Crippen molar-refractivity contribution in [3.8, 4) is 0 Å². The first-order chi connectivity index (χ1) is 17.2. The van der Waals surface area contributed by atoms with Crippen molar-refractivity contribution < 1.29 is 9.13 Å². The van der Waals surface area contributed by atoms with Crippen LogP contribution in [0.25, 0.3) is 0 Å². The Hall–Kier alpha value is -2.92. The summed E-state index contributed by atoms with van der Waals surface area (Å²) < 4.78 is 30.9. The van der Waals surface area contributed by atoms with Gasteiger partial charge >= 0.3 is 0 Å². The van der Waals surface area contributed by atoms with E-state index >= 15 is 9.13 Å². The van der Waals surface area contributed by atoms with Crippen molar-refractivity contribution in [1.29, 1.82) is 0 Å². The molecule has 36 heavy (non-hydrogen) atoms. The molecule has 184 valence electrons. The molecule has 0 heterocycles. The third-order valence-corrected chi connectivity index (χ3v) is 14.2. The van der Waals surface area contributed by atoms with E-state index in [4.69, 9.17) is 0 Å². The number of hydrogen-bond donors (Lipinski definition) is 0. The van der Waals surface area contributed by atoms with Crippen molar-refractivity contribution in [3.05, 3.63) is 131 Å². The van der Waals surface area contributed by atoms with Crippen LogP contribution in [-0.2, 0) is 9.13 Å². The molecule has 4 heteroatoms. The lowest BCUT2D eigenvalue weighted by Crippen LogP contribution is -2.27. The van der Waals surface area contributed by atoms with Crippen LogP contribution in [0.4, 0.5) is 0 Å². The molecule has 0 atom stereocenters. The molecule has 0 bridgehead atoms. The first kappa shape index (κ1) is 26.2. The van der Waals surface area contributed by atoms with Crippen molar-refractivity contribution in [2.75, 3.05) is 6.16 Å². The van der Waals surface area contributed by atoms with Crippen molar-refractivity contribution in [1.82, 2.24) is 0 Å². The van der Waals surface area contributed by atoms with Crippen LogP contribution < -0.4 is 21.2 Å². The normalized spacial score (nSPS) is 12.5. The Kier molecular flexibility index (Phi) is 7.70. The highest BCUT2D eigenvalue weighted by Gasteiger charge is 2.40. The van der Waals surface area contributed by atoms with Crippen LogP contribution >= 0.6 is 14.3 Å². The average molecular weight is 513 g/mol. The molecule has 0 aliphatic heterocycles. The Balaban J connectivity index is 2.02. The zero-order valence-corrected chi connectivity index (χ0v) is 23.5. The largest absolute Gasteiger partial charge is 0.313 e. The molecule has 2 nitrogen and oxygen atoms in total. The minimum absolute atomic E-state index is 0.221. The Labute approximate surface area is 215 Å². The lowest BCUT2D eigenvalue weighted by Gasteiger charge is -2.30. The van der Waals surface area contributed by atoms with Gasteiger partial charge in [-0.25, -0.2) is 0 Å². The van der Waals surface area contributed by atoms with Crippen molar-refractivity contribution in [2.45, 2.75) is 34.6 Å². The molecule has 0 saturated carbocycles. The Morgan fingerprint density at radius 1 is 0.556 bits per heavy atom. The van der Waals surface area contributed by atoms with Crippen molar-refractivity contribution in [2.24, 2.45) is 0 Å². The third-order valence-electron chi connectivity index (χ3n) is 7.04. The third kappa shape index (κ3) is 4.61. The first-order valence-corrected chi connectivity index (χ1v) is 15.9. The fraction of sp³-hybridized carbons (Fsp3) is 0.188. The molecule has 0 saturated heterocycles. The quantitative estimate of drug-likeness (QED) is 0.247. The van der Waals surface area contributed by atoms with E-state index in [0.717, 1.165) is 48.8 Å². The van der Waals surface area contributed by atoms with Crippen LogP contribution in [-0.4, -0.2) is 6.16 Å².